The highest BCUT2D eigenvalue weighted by Crippen LogP contribution is 2.28. The number of para-hydroxylation sites is 2. The molecule has 0 unspecified atom stereocenters. The van der Waals surface area contributed by atoms with Crippen molar-refractivity contribution < 1.29 is 14.2 Å². The first-order chi connectivity index (χ1) is 13.1. The number of aryl methyl sites for hydroxylation is 1. The fraction of sp³-hybridized carbons (Fsp3) is 0.200. The lowest BCUT2D eigenvalue weighted by Gasteiger charge is -2.13. The summed E-state index contributed by atoms with van der Waals surface area (Å²) in [5.74, 6) is 2.43. The molecule has 0 atom stereocenters. The average Bonchev–Trinajstić information content (AvgIpc) is 3.02. The molecule has 1 aromatic heterocycles. The van der Waals surface area contributed by atoms with Gasteiger partial charge in [-0.05, 0) is 42.8 Å². The third-order valence-electron chi connectivity index (χ3n) is 3.92. The van der Waals surface area contributed by atoms with Gasteiger partial charge in [-0.3, -0.25) is 0 Å². The van der Waals surface area contributed by atoms with Gasteiger partial charge in [-0.2, -0.15) is 5.10 Å². The molecule has 0 spiro atoms. The number of aromatic nitrogens is 2. The monoisotopic (exact) mass is 366 g/mol. The van der Waals surface area contributed by atoms with Gasteiger partial charge in [-0.1, -0.05) is 12.1 Å². The first-order valence-corrected chi connectivity index (χ1v) is 8.39. The van der Waals surface area contributed by atoms with Crippen LogP contribution >= 0.6 is 0 Å². The summed E-state index contributed by atoms with van der Waals surface area (Å²) in [6.07, 6.45) is 3.48. The number of rotatable bonds is 7. The lowest BCUT2D eigenvalue weighted by atomic mass is 10.1. The number of anilines is 1. The Kier molecular flexibility index (Phi) is 5.61. The maximum atomic E-state index is 5.91. The number of hydrogen-bond acceptors (Lipinski definition) is 6. The van der Waals surface area contributed by atoms with Gasteiger partial charge in [0, 0.05) is 5.56 Å². The SMILES string of the molecule is COc1ccc(C=Nn2cc(C)nc2N)cc1COc1ccccc1OC. The van der Waals surface area contributed by atoms with Crippen molar-refractivity contribution in [2.45, 2.75) is 13.5 Å². The maximum Gasteiger partial charge on any atom is 0.221 e. The topological polar surface area (TPSA) is 83.9 Å². The Morgan fingerprint density at radius 2 is 1.81 bits per heavy atom. The molecule has 1 heterocycles. The molecule has 3 rings (SSSR count). The van der Waals surface area contributed by atoms with Gasteiger partial charge in [0.05, 0.1) is 32.3 Å². The molecule has 140 valence electrons. The fourth-order valence-corrected chi connectivity index (χ4v) is 2.61. The van der Waals surface area contributed by atoms with Gasteiger partial charge in [0.15, 0.2) is 11.5 Å². The number of benzene rings is 2. The van der Waals surface area contributed by atoms with Crippen LogP contribution in [0.2, 0.25) is 0 Å². The Bertz CT molecular complexity index is 950. The van der Waals surface area contributed by atoms with E-state index >= 15 is 0 Å². The van der Waals surface area contributed by atoms with Crippen molar-refractivity contribution in [3.8, 4) is 17.2 Å². The van der Waals surface area contributed by atoms with E-state index in [1.807, 2.05) is 49.4 Å². The smallest absolute Gasteiger partial charge is 0.221 e. The van der Waals surface area contributed by atoms with E-state index in [2.05, 4.69) is 10.1 Å². The van der Waals surface area contributed by atoms with Crippen LogP contribution in [-0.4, -0.2) is 30.1 Å². The molecule has 0 aliphatic rings. The van der Waals surface area contributed by atoms with Crippen molar-refractivity contribution in [1.82, 2.24) is 9.66 Å². The summed E-state index contributed by atoms with van der Waals surface area (Å²) in [6, 6.07) is 13.3. The number of methoxy groups -OCH3 is 2. The summed E-state index contributed by atoms with van der Waals surface area (Å²) in [5.41, 5.74) is 8.40. The average molecular weight is 366 g/mol. The zero-order valence-electron chi connectivity index (χ0n) is 15.5. The second-order valence-electron chi connectivity index (χ2n) is 5.84. The molecule has 0 aliphatic carbocycles. The Labute approximate surface area is 158 Å². The van der Waals surface area contributed by atoms with E-state index < -0.39 is 0 Å². The number of ether oxygens (including phenoxy) is 3. The van der Waals surface area contributed by atoms with E-state index in [0.717, 1.165) is 22.6 Å². The van der Waals surface area contributed by atoms with E-state index in [1.165, 1.54) is 4.68 Å². The molecular weight excluding hydrogens is 344 g/mol. The minimum Gasteiger partial charge on any atom is -0.496 e. The van der Waals surface area contributed by atoms with Gasteiger partial charge in [0.25, 0.3) is 0 Å². The molecular formula is C20H22N4O3. The van der Waals surface area contributed by atoms with Crippen LogP contribution in [0.3, 0.4) is 0 Å². The molecule has 0 fully saturated rings. The summed E-state index contributed by atoms with van der Waals surface area (Å²) in [5, 5.41) is 4.34. The minimum absolute atomic E-state index is 0.331. The quantitative estimate of drug-likeness (QED) is 0.649. The first kappa shape index (κ1) is 18.3. The number of nitrogens with two attached hydrogens (primary N) is 1. The Hall–Kier alpha value is -3.48. The van der Waals surface area contributed by atoms with E-state index in [4.69, 9.17) is 19.9 Å². The summed E-state index contributed by atoms with van der Waals surface area (Å²) >= 11 is 0. The van der Waals surface area contributed by atoms with Crippen LogP contribution in [0.15, 0.2) is 53.8 Å². The summed E-state index contributed by atoms with van der Waals surface area (Å²) in [4.78, 5) is 4.12. The van der Waals surface area contributed by atoms with Crippen LogP contribution in [-0.2, 0) is 6.61 Å². The van der Waals surface area contributed by atoms with E-state index in [1.54, 1.807) is 26.6 Å². The molecule has 27 heavy (non-hydrogen) atoms. The molecule has 3 aromatic rings. The highest BCUT2D eigenvalue weighted by molar-refractivity contribution is 5.80. The van der Waals surface area contributed by atoms with Crippen LogP contribution < -0.4 is 19.9 Å². The van der Waals surface area contributed by atoms with Gasteiger partial charge in [0.2, 0.25) is 5.95 Å². The largest absolute Gasteiger partial charge is 0.496 e. The second kappa shape index (κ2) is 8.27. The molecule has 0 saturated carbocycles. The minimum atomic E-state index is 0.331. The van der Waals surface area contributed by atoms with Crippen molar-refractivity contribution in [2.75, 3.05) is 20.0 Å². The normalized spacial score (nSPS) is 10.9. The Balaban J connectivity index is 1.80. The number of hydrogen-bond donors (Lipinski definition) is 1. The third kappa shape index (κ3) is 4.38. The molecule has 0 saturated heterocycles. The highest BCUT2D eigenvalue weighted by atomic mass is 16.5. The first-order valence-electron chi connectivity index (χ1n) is 8.39. The van der Waals surface area contributed by atoms with Crippen LogP contribution in [0, 0.1) is 6.92 Å². The lowest BCUT2D eigenvalue weighted by Crippen LogP contribution is -2.02. The van der Waals surface area contributed by atoms with Gasteiger partial charge in [-0.15, -0.1) is 0 Å². The van der Waals surface area contributed by atoms with Crippen molar-refractivity contribution in [3.63, 3.8) is 0 Å². The Morgan fingerprint density at radius 1 is 1.07 bits per heavy atom. The summed E-state index contributed by atoms with van der Waals surface area (Å²) in [7, 11) is 3.24. The van der Waals surface area contributed by atoms with E-state index in [-0.39, 0.29) is 0 Å². The Morgan fingerprint density at radius 3 is 2.48 bits per heavy atom. The van der Waals surface area contributed by atoms with Crippen LogP contribution in [0.4, 0.5) is 5.95 Å². The van der Waals surface area contributed by atoms with Crippen molar-refractivity contribution in [2.24, 2.45) is 5.10 Å². The van der Waals surface area contributed by atoms with Gasteiger partial charge in [-0.25, -0.2) is 9.66 Å². The van der Waals surface area contributed by atoms with Crippen LogP contribution in [0.5, 0.6) is 17.2 Å². The van der Waals surface area contributed by atoms with Crippen molar-refractivity contribution >= 4 is 12.2 Å². The molecule has 0 amide bonds. The summed E-state index contributed by atoms with van der Waals surface area (Å²) < 4.78 is 18.2. The predicted octanol–water partition coefficient (Wildman–Crippen LogP) is 3.25. The maximum absolute atomic E-state index is 5.91. The predicted molar refractivity (Wildman–Crippen MR) is 105 cm³/mol. The van der Waals surface area contributed by atoms with E-state index in [9.17, 15) is 0 Å². The standard InChI is InChI=1S/C20H22N4O3/c1-14-12-24(20(21)23-14)22-11-15-8-9-17(25-2)16(10-15)13-27-19-7-5-4-6-18(19)26-3/h4-12H,13H2,1-3H3,(H2,21,23). The highest BCUT2D eigenvalue weighted by Gasteiger charge is 2.08. The molecule has 2 aromatic carbocycles. The van der Waals surface area contributed by atoms with Gasteiger partial charge < -0.3 is 19.9 Å². The third-order valence-corrected chi connectivity index (χ3v) is 3.92. The van der Waals surface area contributed by atoms with Crippen LogP contribution in [0.25, 0.3) is 0 Å². The lowest BCUT2D eigenvalue weighted by molar-refractivity contribution is 0.278. The van der Waals surface area contributed by atoms with Crippen molar-refractivity contribution in [1.29, 1.82) is 0 Å². The number of imidazole rings is 1. The molecule has 0 radical (unpaired) electrons. The molecule has 0 bridgehead atoms. The zero-order chi connectivity index (χ0) is 19.2. The second-order valence-corrected chi connectivity index (χ2v) is 5.84. The van der Waals surface area contributed by atoms with Crippen LogP contribution in [0.1, 0.15) is 16.8 Å². The molecule has 0 aliphatic heterocycles. The number of nitrogen functional groups attached to an aromatic ring is 1. The van der Waals surface area contributed by atoms with Gasteiger partial charge in [0.1, 0.15) is 12.4 Å². The van der Waals surface area contributed by atoms with E-state index in [0.29, 0.717) is 24.1 Å². The zero-order valence-corrected chi connectivity index (χ0v) is 15.5. The fourth-order valence-electron chi connectivity index (χ4n) is 2.61. The van der Waals surface area contributed by atoms with Gasteiger partial charge >= 0.3 is 0 Å². The summed E-state index contributed by atoms with van der Waals surface area (Å²) in [6.45, 7) is 2.20. The number of nitrogens with zero attached hydrogens (tertiary/aromatic N) is 3. The molecule has 7 heteroatoms. The van der Waals surface area contributed by atoms with Crippen molar-refractivity contribution in [3.05, 3.63) is 65.5 Å². The molecule has 2 N–H and O–H groups in total. The molecule has 7 nitrogen and oxygen atoms in total.